The monoisotopic (exact) mass is 291 g/mol. The molecule has 0 heterocycles. The zero-order chi connectivity index (χ0) is 14.8. The summed E-state index contributed by atoms with van der Waals surface area (Å²) in [6.45, 7) is 0. The van der Waals surface area contributed by atoms with Gasteiger partial charge in [-0.2, -0.15) is 0 Å². The van der Waals surface area contributed by atoms with Gasteiger partial charge in [-0.15, -0.1) is 0 Å². The lowest BCUT2D eigenvalue weighted by atomic mass is 10.1. The van der Waals surface area contributed by atoms with Crippen LogP contribution in [-0.4, -0.2) is 14.3 Å². The first-order chi connectivity index (χ1) is 9.38. The van der Waals surface area contributed by atoms with Crippen LogP contribution in [-0.2, 0) is 10.0 Å². The summed E-state index contributed by atoms with van der Waals surface area (Å²) in [5, 5.41) is 7.60. The number of nitrogens with one attached hydrogen (secondary N) is 1. The van der Waals surface area contributed by atoms with Crippen LogP contribution < -0.4 is 16.2 Å². The minimum atomic E-state index is -3.81. The number of nitrogens with two attached hydrogens (primary N) is 2. The van der Waals surface area contributed by atoms with Gasteiger partial charge in [-0.1, -0.05) is 18.2 Å². The van der Waals surface area contributed by atoms with E-state index < -0.39 is 15.9 Å². The minimum absolute atomic E-state index is 0.0728. The lowest BCUT2D eigenvalue weighted by Gasteiger charge is -2.08. The standard InChI is InChI=1S/C13H13N3O3S/c14-12-7-2-1-6-11(12)13(17)16-9-4-3-5-10(8-9)20(15,18)19/h1-8H,14H2,(H,16,17)(H2,15,18,19). The maximum absolute atomic E-state index is 12.0. The highest BCUT2D eigenvalue weighted by atomic mass is 32.2. The van der Waals surface area contributed by atoms with E-state index in [9.17, 15) is 13.2 Å². The molecular formula is C13H13N3O3S. The van der Waals surface area contributed by atoms with E-state index in [1.54, 1.807) is 30.3 Å². The summed E-state index contributed by atoms with van der Waals surface area (Å²) < 4.78 is 22.5. The number of amides is 1. The van der Waals surface area contributed by atoms with Crippen LogP contribution in [0.1, 0.15) is 10.4 Å². The van der Waals surface area contributed by atoms with Crippen molar-refractivity contribution in [1.29, 1.82) is 0 Å². The summed E-state index contributed by atoms with van der Waals surface area (Å²) in [7, 11) is -3.81. The Morgan fingerprint density at radius 3 is 2.40 bits per heavy atom. The van der Waals surface area contributed by atoms with Crippen molar-refractivity contribution in [3.8, 4) is 0 Å². The Hall–Kier alpha value is -2.38. The summed E-state index contributed by atoms with van der Waals surface area (Å²) in [5.74, 6) is -0.422. The molecule has 0 saturated heterocycles. The van der Waals surface area contributed by atoms with Gasteiger partial charge in [0.15, 0.2) is 0 Å². The molecule has 1 amide bonds. The van der Waals surface area contributed by atoms with E-state index in [-0.39, 0.29) is 4.90 Å². The Balaban J connectivity index is 2.27. The lowest BCUT2D eigenvalue weighted by molar-refractivity contribution is 0.102. The van der Waals surface area contributed by atoms with Crippen LogP contribution in [0.2, 0.25) is 0 Å². The predicted octanol–water partition coefficient (Wildman–Crippen LogP) is 1.17. The second-order valence-electron chi connectivity index (χ2n) is 4.11. The summed E-state index contributed by atoms with van der Waals surface area (Å²) in [4.78, 5) is 12.0. The minimum Gasteiger partial charge on any atom is -0.398 e. The first kappa shape index (κ1) is 14.0. The fraction of sp³-hybridized carbons (Fsp3) is 0. The molecular weight excluding hydrogens is 278 g/mol. The van der Waals surface area contributed by atoms with E-state index in [1.165, 1.54) is 18.2 Å². The molecule has 0 saturated carbocycles. The van der Waals surface area contributed by atoms with E-state index in [1.807, 2.05) is 0 Å². The molecule has 2 aromatic carbocycles. The highest BCUT2D eigenvalue weighted by Gasteiger charge is 2.12. The van der Waals surface area contributed by atoms with Gasteiger partial charge in [-0.3, -0.25) is 4.79 Å². The highest BCUT2D eigenvalue weighted by molar-refractivity contribution is 7.89. The molecule has 0 atom stereocenters. The lowest BCUT2D eigenvalue weighted by Crippen LogP contribution is -2.15. The number of carbonyl (C=O) groups is 1. The SMILES string of the molecule is Nc1ccccc1C(=O)Nc1cccc(S(N)(=O)=O)c1. The van der Waals surface area contributed by atoms with Gasteiger partial charge in [0.25, 0.3) is 5.91 Å². The largest absolute Gasteiger partial charge is 0.398 e. The first-order valence-electron chi connectivity index (χ1n) is 5.66. The molecule has 0 aliphatic heterocycles. The third-order valence-corrected chi connectivity index (χ3v) is 3.54. The molecule has 20 heavy (non-hydrogen) atoms. The third kappa shape index (κ3) is 3.14. The maximum Gasteiger partial charge on any atom is 0.257 e. The number of carbonyl (C=O) groups excluding carboxylic acids is 1. The van der Waals surface area contributed by atoms with Crippen LogP contribution in [0.15, 0.2) is 53.4 Å². The number of rotatable bonds is 3. The Morgan fingerprint density at radius 2 is 1.75 bits per heavy atom. The fourth-order valence-electron chi connectivity index (χ4n) is 1.65. The Labute approximate surface area is 116 Å². The van der Waals surface area contributed by atoms with Crippen LogP contribution in [0.3, 0.4) is 0 Å². The number of hydrogen-bond donors (Lipinski definition) is 3. The fourth-order valence-corrected chi connectivity index (χ4v) is 2.21. The van der Waals surface area contributed by atoms with Crippen molar-refractivity contribution < 1.29 is 13.2 Å². The molecule has 2 aromatic rings. The molecule has 0 fully saturated rings. The Bertz CT molecular complexity index is 757. The average Bonchev–Trinajstić information content (AvgIpc) is 2.38. The van der Waals surface area contributed by atoms with Gasteiger partial charge in [-0.05, 0) is 30.3 Å². The smallest absolute Gasteiger partial charge is 0.257 e. The summed E-state index contributed by atoms with van der Waals surface area (Å²) in [6, 6.07) is 12.3. The zero-order valence-electron chi connectivity index (χ0n) is 10.4. The molecule has 6 nitrogen and oxygen atoms in total. The topological polar surface area (TPSA) is 115 Å². The molecule has 0 spiro atoms. The molecule has 0 aliphatic carbocycles. The maximum atomic E-state index is 12.0. The van der Waals surface area contributed by atoms with Gasteiger partial charge in [0.2, 0.25) is 10.0 Å². The van der Waals surface area contributed by atoms with Crippen molar-refractivity contribution in [2.45, 2.75) is 4.90 Å². The van der Waals surface area contributed by atoms with Gasteiger partial charge in [-0.25, -0.2) is 13.6 Å². The van der Waals surface area contributed by atoms with E-state index in [0.717, 1.165) is 0 Å². The van der Waals surface area contributed by atoms with Gasteiger partial charge in [0.05, 0.1) is 10.5 Å². The molecule has 0 aromatic heterocycles. The summed E-state index contributed by atoms with van der Waals surface area (Å²) >= 11 is 0. The zero-order valence-corrected chi connectivity index (χ0v) is 11.2. The molecule has 104 valence electrons. The molecule has 0 aliphatic rings. The van der Waals surface area contributed by atoms with Crippen molar-refractivity contribution in [3.63, 3.8) is 0 Å². The Kier molecular flexibility index (Phi) is 3.73. The molecule has 0 radical (unpaired) electrons. The van der Waals surface area contributed by atoms with E-state index in [2.05, 4.69) is 5.32 Å². The quantitative estimate of drug-likeness (QED) is 0.736. The number of para-hydroxylation sites is 1. The third-order valence-electron chi connectivity index (χ3n) is 2.63. The van der Waals surface area contributed by atoms with E-state index in [4.69, 9.17) is 10.9 Å². The average molecular weight is 291 g/mol. The van der Waals surface area contributed by atoms with Crippen LogP contribution >= 0.6 is 0 Å². The van der Waals surface area contributed by atoms with Gasteiger partial charge in [0, 0.05) is 11.4 Å². The van der Waals surface area contributed by atoms with Crippen molar-refractivity contribution >= 4 is 27.3 Å². The van der Waals surface area contributed by atoms with E-state index >= 15 is 0 Å². The first-order valence-corrected chi connectivity index (χ1v) is 7.21. The van der Waals surface area contributed by atoms with Crippen molar-refractivity contribution in [2.75, 3.05) is 11.1 Å². The highest BCUT2D eigenvalue weighted by Crippen LogP contribution is 2.17. The number of nitrogen functional groups attached to an aromatic ring is 1. The van der Waals surface area contributed by atoms with Crippen molar-refractivity contribution in [3.05, 3.63) is 54.1 Å². The van der Waals surface area contributed by atoms with Crippen molar-refractivity contribution in [2.24, 2.45) is 5.14 Å². The molecule has 7 heteroatoms. The number of sulfonamides is 1. The second kappa shape index (κ2) is 5.32. The van der Waals surface area contributed by atoms with Crippen LogP contribution in [0.4, 0.5) is 11.4 Å². The normalized spacial score (nSPS) is 11.1. The summed E-state index contributed by atoms with van der Waals surface area (Å²) in [5.41, 5.74) is 6.68. The van der Waals surface area contributed by atoms with Gasteiger partial charge < -0.3 is 11.1 Å². The molecule has 5 N–H and O–H groups in total. The Morgan fingerprint density at radius 1 is 1.05 bits per heavy atom. The van der Waals surface area contributed by atoms with Crippen LogP contribution in [0, 0.1) is 0 Å². The van der Waals surface area contributed by atoms with Crippen molar-refractivity contribution in [1.82, 2.24) is 0 Å². The second-order valence-corrected chi connectivity index (χ2v) is 5.68. The molecule has 0 unspecified atom stereocenters. The van der Waals surface area contributed by atoms with Crippen LogP contribution in [0.25, 0.3) is 0 Å². The number of benzene rings is 2. The van der Waals surface area contributed by atoms with Gasteiger partial charge >= 0.3 is 0 Å². The predicted molar refractivity (Wildman–Crippen MR) is 76.6 cm³/mol. The number of hydrogen-bond acceptors (Lipinski definition) is 4. The van der Waals surface area contributed by atoms with Gasteiger partial charge in [0.1, 0.15) is 0 Å². The van der Waals surface area contributed by atoms with Crippen LogP contribution in [0.5, 0.6) is 0 Å². The van der Waals surface area contributed by atoms with E-state index in [0.29, 0.717) is 16.9 Å². The number of primary sulfonamides is 1. The molecule has 2 rings (SSSR count). The summed E-state index contributed by atoms with van der Waals surface area (Å²) in [6.07, 6.45) is 0. The molecule has 0 bridgehead atoms. The number of anilines is 2.